The molecule has 100 valence electrons. The molecule has 2 aromatic carbocycles. The van der Waals surface area contributed by atoms with Crippen LogP contribution < -0.4 is 0 Å². The van der Waals surface area contributed by atoms with Crippen molar-refractivity contribution in [3.8, 4) is 0 Å². The van der Waals surface area contributed by atoms with Crippen LogP contribution in [0.3, 0.4) is 0 Å². The van der Waals surface area contributed by atoms with E-state index in [9.17, 15) is 5.11 Å². The van der Waals surface area contributed by atoms with Gasteiger partial charge in [-0.15, -0.1) is 0 Å². The van der Waals surface area contributed by atoms with E-state index in [-0.39, 0.29) is 0 Å². The molecule has 0 aliphatic carbocycles. The zero-order chi connectivity index (χ0) is 14.2. The van der Waals surface area contributed by atoms with Crippen molar-refractivity contribution >= 4 is 39.1 Å². The van der Waals surface area contributed by atoms with Gasteiger partial charge in [0.25, 0.3) is 0 Å². The van der Waals surface area contributed by atoms with Crippen LogP contribution in [0, 0.1) is 13.8 Å². The molecule has 4 heteroatoms. The van der Waals surface area contributed by atoms with Gasteiger partial charge in [0.05, 0.1) is 0 Å². The average Bonchev–Trinajstić information content (AvgIpc) is 2.36. The summed E-state index contributed by atoms with van der Waals surface area (Å²) in [5, 5.41) is 11.7. The van der Waals surface area contributed by atoms with E-state index in [1.54, 1.807) is 12.1 Å². The van der Waals surface area contributed by atoms with E-state index in [1.807, 2.05) is 32.0 Å². The molecule has 1 unspecified atom stereocenters. The smallest absolute Gasteiger partial charge is 0.107 e. The van der Waals surface area contributed by atoms with E-state index >= 15 is 0 Å². The molecule has 1 N–H and O–H groups in total. The first-order valence-corrected chi connectivity index (χ1v) is 7.34. The molecule has 0 fully saturated rings. The Morgan fingerprint density at radius 2 is 1.63 bits per heavy atom. The first-order valence-electron chi connectivity index (χ1n) is 5.80. The summed E-state index contributed by atoms with van der Waals surface area (Å²) in [6.07, 6.45) is -0.806. The molecule has 0 saturated carbocycles. The number of aryl methyl sites for hydroxylation is 2. The van der Waals surface area contributed by atoms with E-state index in [4.69, 9.17) is 23.2 Å². The summed E-state index contributed by atoms with van der Waals surface area (Å²) in [5.74, 6) is 0. The Morgan fingerprint density at radius 1 is 1.00 bits per heavy atom. The predicted octanol–water partition coefficient (Wildman–Crippen LogP) is 5.45. The first-order chi connectivity index (χ1) is 8.90. The topological polar surface area (TPSA) is 20.2 Å². The van der Waals surface area contributed by atoms with Crippen molar-refractivity contribution in [2.24, 2.45) is 0 Å². The number of rotatable bonds is 2. The molecular formula is C15H13BrCl2O. The summed E-state index contributed by atoms with van der Waals surface area (Å²) in [4.78, 5) is 0. The van der Waals surface area contributed by atoms with Gasteiger partial charge >= 0.3 is 0 Å². The molecule has 0 spiro atoms. The van der Waals surface area contributed by atoms with Crippen molar-refractivity contribution in [2.75, 3.05) is 0 Å². The third-order valence-corrected chi connectivity index (χ3v) is 4.44. The van der Waals surface area contributed by atoms with Crippen LogP contribution in [0.5, 0.6) is 0 Å². The second-order valence-corrected chi connectivity index (χ2v) is 6.22. The van der Waals surface area contributed by atoms with Gasteiger partial charge in [-0.3, -0.25) is 0 Å². The monoisotopic (exact) mass is 358 g/mol. The Hall–Kier alpha value is -0.540. The van der Waals surface area contributed by atoms with Crippen molar-refractivity contribution in [3.05, 3.63) is 67.1 Å². The molecular weight excluding hydrogens is 347 g/mol. The largest absolute Gasteiger partial charge is 0.384 e. The third kappa shape index (κ3) is 3.14. The number of halogens is 3. The minimum absolute atomic E-state index is 0.558. The Balaban J connectivity index is 2.52. The summed E-state index contributed by atoms with van der Waals surface area (Å²) in [6, 6.07) is 9.10. The average molecular weight is 360 g/mol. The fraction of sp³-hybridized carbons (Fsp3) is 0.200. The quantitative estimate of drug-likeness (QED) is 0.755. The molecule has 0 aromatic heterocycles. The van der Waals surface area contributed by atoms with Crippen LogP contribution in [0.1, 0.15) is 28.4 Å². The van der Waals surface area contributed by atoms with Gasteiger partial charge in [-0.2, -0.15) is 0 Å². The molecule has 0 amide bonds. The maximum atomic E-state index is 10.5. The van der Waals surface area contributed by atoms with Crippen LogP contribution in [-0.2, 0) is 0 Å². The van der Waals surface area contributed by atoms with Crippen molar-refractivity contribution in [3.63, 3.8) is 0 Å². The highest BCUT2D eigenvalue weighted by atomic mass is 79.9. The number of benzene rings is 2. The van der Waals surface area contributed by atoms with Gasteiger partial charge in [0.2, 0.25) is 0 Å². The van der Waals surface area contributed by atoms with Gasteiger partial charge in [-0.25, -0.2) is 0 Å². The number of hydrogen-bond donors (Lipinski definition) is 1. The van der Waals surface area contributed by atoms with E-state index in [0.717, 1.165) is 15.6 Å². The molecule has 2 rings (SSSR count). The van der Waals surface area contributed by atoms with Gasteiger partial charge in [0.15, 0.2) is 0 Å². The zero-order valence-electron chi connectivity index (χ0n) is 10.5. The Bertz CT molecular complexity index is 626. The van der Waals surface area contributed by atoms with Crippen LogP contribution in [0.4, 0.5) is 0 Å². The predicted molar refractivity (Wildman–Crippen MR) is 84.1 cm³/mol. The fourth-order valence-electron chi connectivity index (χ4n) is 1.90. The molecule has 0 heterocycles. The number of aliphatic hydroxyl groups is 1. The van der Waals surface area contributed by atoms with Crippen LogP contribution in [-0.4, -0.2) is 5.11 Å². The van der Waals surface area contributed by atoms with Crippen LogP contribution in [0.15, 0.2) is 34.8 Å². The highest BCUT2D eigenvalue weighted by Crippen LogP contribution is 2.35. The van der Waals surface area contributed by atoms with Crippen LogP contribution in [0.25, 0.3) is 0 Å². The maximum Gasteiger partial charge on any atom is 0.107 e. The SMILES string of the molecule is Cc1cc(Cl)c(C(O)c2cc(Cl)ccc2Br)cc1C. The normalized spacial score (nSPS) is 12.5. The minimum Gasteiger partial charge on any atom is -0.384 e. The van der Waals surface area contributed by atoms with Gasteiger partial charge in [-0.05, 0) is 49.2 Å². The van der Waals surface area contributed by atoms with E-state index in [1.165, 1.54) is 0 Å². The minimum atomic E-state index is -0.806. The van der Waals surface area contributed by atoms with E-state index in [0.29, 0.717) is 21.2 Å². The molecule has 0 aliphatic heterocycles. The molecule has 0 saturated heterocycles. The van der Waals surface area contributed by atoms with E-state index in [2.05, 4.69) is 15.9 Å². The van der Waals surface area contributed by atoms with Crippen molar-refractivity contribution in [2.45, 2.75) is 20.0 Å². The van der Waals surface area contributed by atoms with Gasteiger partial charge in [0.1, 0.15) is 6.10 Å². The third-order valence-electron chi connectivity index (χ3n) is 3.16. The molecule has 0 radical (unpaired) electrons. The second-order valence-electron chi connectivity index (χ2n) is 4.53. The molecule has 2 aromatic rings. The summed E-state index contributed by atoms with van der Waals surface area (Å²) >= 11 is 15.6. The Labute approximate surface area is 131 Å². The van der Waals surface area contributed by atoms with E-state index < -0.39 is 6.10 Å². The number of hydrogen-bond acceptors (Lipinski definition) is 1. The van der Waals surface area contributed by atoms with Gasteiger partial charge in [-0.1, -0.05) is 45.2 Å². The highest BCUT2D eigenvalue weighted by molar-refractivity contribution is 9.10. The zero-order valence-corrected chi connectivity index (χ0v) is 13.6. The lowest BCUT2D eigenvalue weighted by Crippen LogP contribution is -2.03. The molecule has 1 nitrogen and oxygen atoms in total. The lowest BCUT2D eigenvalue weighted by Gasteiger charge is -2.17. The summed E-state index contributed by atoms with van der Waals surface area (Å²) in [7, 11) is 0. The molecule has 0 bridgehead atoms. The van der Waals surface area contributed by atoms with Crippen molar-refractivity contribution < 1.29 is 5.11 Å². The maximum absolute atomic E-state index is 10.5. The second kappa shape index (κ2) is 5.84. The fourth-order valence-corrected chi connectivity index (χ4v) is 2.87. The lowest BCUT2D eigenvalue weighted by molar-refractivity contribution is 0.219. The van der Waals surface area contributed by atoms with Crippen LogP contribution >= 0.6 is 39.1 Å². The van der Waals surface area contributed by atoms with Crippen molar-refractivity contribution in [1.29, 1.82) is 0 Å². The van der Waals surface area contributed by atoms with Crippen molar-refractivity contribution in [1.82, 2.24) is 0 Å². The summed E-state index contributed by atoms with van der Waals surface area (Å²) < 4.78 is 0.804. The van der Waals surface area contributed by atoms with Gasteiger partial charge in [0, 0.05) is 25.6 Å². The summed E-state index contributed by atoms with van der Waals surface area (Å²) in [6.45, 7) is 3.99. The van der Waals surface area contributed by atoms with Gasteiger partial charge < -0.3 is 5.11 Å². The first kappa shape index (κ1) is 14.9. The standard InChI is InChI=1S/C15H13BrCl2O/c1-8-5-12(14(18)6-9(8)2)15(19)11-7-10(17)3-4-13(11)16/h3-7,15,19H,1-2H3. The Kier molecular flexibility index (Phi) is 4.57. The highest BCUT2D eigenvalue weighted by Gasteiger charge is 2.18. The summed E-state index contributed by atoms with van der Waals surface area (Å²) in [5.41, 5.74) is 3.59. The molecule has 19 heavy (non-hydrogen) atoms. The Morgan fingerprint density at radius 3 is 2.32 bits per heavy atom. The molecule has 0 aliphatic rings. The number of aliphatic hydroxyl groups excluding tert-OH is 1. The molecule has 1 atom stereocenters. The lowest BCUT2D eigenvalue weighted by atomic mass is 9.98. The van der Waals surface area contributed by atoms with Crippen LogP contribution in [0.2, 0.25) is 10.0 Å².